The molecule has 0 aromatic carbocycles. The third-order valence-corrected chi connectivity index (χ3v) is 5.08. The van der Waals surface area contributed by atoms with Gasteiger partial charge in [-0.15, -0.1) is 0 Å². The van der Waals surface area contributed by atoms with Crippen molar-refractivity contribution in [3.05, 3.63) is 0 Å². The van der Waals surface area contributed by atoms with Crippen LogP contribution >= 0.6 is 0 Å². The van der Waals surface area contributed by atoms with Gasteiger partial charge in [-0.1, -0.05) is 58.3 Å². The molecule has 0 amide bonds. The van der Waals surface area contributed by atoms with Gasteiger partial charge in [-0.3, -0.25) is 0 Å². The van der Waals surface area contributed by atoms with Crippen molar-refractivity contribution in [2.24, 2.45) is 17.6 Å². The Labute approximate surface area is 108 Å². The second kappa shape index (κ2) is 6.22. The number of unbranched alkanes of at least 4 members (excludes halogenated alkanes) is 1. The van der Waals surface area contributed by atoms with Crippen molar-refractivity contribution in [3.8, 4) is 0 Å². The van der Waals surface area contributed by atoms with Crippen LogP contribution in [0.5, 0.6) is 0 Å². The van der Waals surface area contributed by atoms with E-state index in [1.807, 2.05) is 0 Å². The van der Waals surface area contributed by atoms with Gasteiger partial charge in [-0.2, -0.15) is 0 Å². The quantitative estimate of drug-likeness (QED) is 0.641. The van der Waals surface area contributed by atoms with Crippen LogP contribution < -0.4 is 5.73 Å². The molecule has 2 fully saturated rings. The molecule has 2 atom stereocenters. The number of hydrogen-bond donors (Lipinski definition) is 1. The molecule has 2 rings (SSSR count). The van der Waals surface area contributed by atoms with E-state index in [4.69, 9.17) is 5.73 Å². The van der Waals surface area contributed by atoms with E-state index >= 15 is 0 Å². The van der Waals surface area contributed by atoms with Crippen LogP contribution in [0.15, 0.2) is 0 Å². The van der Waals surface area contributed by atoms with E-state index in [-0.39, 0.29) is 5.54 Å². The molecule has 1 heteroatoms. The molecule has 17 heavy (non-hydrogen) atoms. The summed E-state index contributed by atoms with van der Waals surface area (Å²) < 4.78 is 0. The third kappa shape index (κ3) is 4.28. The van der Waals surface area contributed by atoms with Crippen LogP contribution in [0.2, 0.25) is 0 Å². The molecule has 2 N–H and O–H groups in total. The first-order chi connectivity index (χ1) is 8.23. The first-order valence-electron chi connectivity index (χ1n) is 8.02. The Hall–Kier alpha value is -0.0400. The van der Waals surface area contributed by atoms with Crippen LogP contribution in [0, 0.1) is 11.8 Å². The zero-order valence-corrected chi connectivity index (χ0v) is 11.7. The molecule has 2 aliphatic rings. The molecule has 0 aromatic heterocycles. The van der Waals surface area contributed by atoms with Crippen molar-refractivity contribution in [2.75, 3.05) is 0 Å². The van der Waals surface area contributed by atoms with Gasteiger partial charge in [0.2, 0.25) is 0 Å². The lowest BCUT2D eigenvalue weighted by Crippen LogP contribution is -2.41. The van der Waals surface area contributed by atoms with E-state index in [0.717, 1.165) is 11.8 Å². The Morgan fingerprint density at radius 3 is 2.41 bits per heavy atom. The van der Waals surface area contributed by atoms with Crippen molar-refractivity contribution in [3.63, 3.8) is 0 Å². The monoisotopic (exact) mass is 237 g/mol. The van der Waals surface area contributed by atoms with Gasteiger partial charge < -0.3 is 5.73 Å². The first-order valence-corrected chi connectivity index (χ1v) is 8.02. The average molecular weight is 237 g/mol. The highest BCUT2D eigenvalue weighted by Crippen LogP contribution is 2.45. The van der Waals surface area contributed by atoms with Gasteiger partial charge in [0.1, 0.15) is 0 Å². The van der Waals surface area contributed by atoms with E-state index in [9.17, 15) is 0 Å². The minimum Gasteiger partial charge on any atom is -0.325 e. The highest BCUT2D eigenvalue weighted by atomic mass is 14.7. The Bertz CT molecular complexity index is 218. The molecule has 0 bridgehead atoms. The molecule has 2 aliphatic carbocycles. The van der Waals surface area contributed by atoms with Crippen molar-refractivity contribution in [2.45, 2.75) is 89.5 Å². The largest absolute Gasteiger partial charge is 0.325 e. The Kier molecular flexibility index (Phi) is 4.90. The zero-order chi connectivity index (χ0) is 12.1. The van der Waals surface area contributed by atoms with Crippen LogP contribution in [0.3, 0.4) is 0 Å². The summed E-state index contributed by atoms with van der Waals surface area (Å²) in [4.78, 5) is 0. The van der Waals surface area contributed by atoms with E-state index in [2.05, 4.69) is 6.92 Å². The SMILES string of the molecule is CCCC1CC1CCCCC1(N)CCCCC1. The fraction of sp³-hybridized carbons (Fsp3) is 1.00. The summed E-state index contributed by atoms with van der Waals surface area (Å²) in [6, 6.07) is 0. The predicted octanol–water partition coefficient (Wildman–Crippen LogP) is 4.64. The van der Waals surface area contributed by atoms with Gasteiger partial charge in [0.15, 0.2) is 0 Å². The highest BCUT2D eigenvalue weighted by molar-refractivity contribution is 4.88. The first kappa shape index (κ1) is 13.4. The highest BCUT2D eigenvalue weighted by Gasteiger charge is 2.35. The maximum absolute atomic E-state index is 6.47. The summed E-state index contributed by atoms with van der Waals surface area (Å²) in [6.07, 6.45) is 16.7. The molecule has 0 heterocycles. The maximum atomic E-state index is 6.47. The summed E-state index contributed by atoms with van der Waals surface area (Å²) in [5, 5.41) is 0. The van der Waals surface area contributed by atoms with Crippen LogP contribution in [0.1, 0.15) is 84.0 Å². The standard InChI is InChI=1S/C16H31N/c1-2-8-14-13-15(14)9-4-7-12-16(17)10-5-3-6-11-16/h14-15H,2-13,17H2,1H3. The van der Waals surface area contributed by atoms with Crippen LogP contribution in [-0.4, -0.2) is 5.54 Å². The summed E-state index contributed by atoms with van der Waals surface area (Å²) in [7, 11) is 0. The van der Waals surface area contributed by atoms with E-state index < -0.39 is 0 Å². The molecular weight excluding hydrogens is 206 g/mol. The second-order valence-corrected chi connectivity index (χ2v) is 6.71. The normalized spacial score (nSPS) is 31.4. The average Bonchev–Trinajstić information content (AvgIpc) is 3.05. The lowest BCUT2D eigenvalue weighted by Gasteiger charge is -2.33. The van der Waals surface area contributed by atoms with Crippen molar-refractivity contribution >= 4 is 0 Å². The van der Waals surface area contributed by atoms with E-state index in [1.165, 1.54) is 77.0 Å². The predicted molar refractivity (Wildman–Crippen MR) is 75.0 cm³/mol. The summed E-state index contributed by atoms with van der Waals surface area (Å²) in [6.45, 7) is 2.32. The topological polar surface area (TPSA) is 26.0 Å². The fourth-order valence-corrected chi connectivity index (χ4v) is 3.78. The molecule has 2 unspecified atom stereocenters. The Morgan fingerprint density at radius 2 is 1.71 bits per heavy atom. The number of nitrogens with two attached hydrogens (primary N) is 1. The van der Waals surface area contributed by atoms with Crippen molar-refractivity contribution < 1.29 is 0 Å². The second-order valence-electron chi connectivity index (χ2n) is 6.71. The molecule has 1 nitrogen and oxygen atoms in total. The molecule has 2 saturated carbocycles. The van der Waals surface area contributed by atoms with Gasteiger partial charge in [0.05, 0.1) is 0 Å². The van der Waals surface area contributed by atoms with Crippen LogP contribution in [-0.2, 0) is 0 Å². The summed E-state index contributed by atoms with van der Waals surface area (Å²) >= 11 is 0. The van der Waals surface area contributed by atoms with Gasteiger partial charge in [0.25, 0.3) is 0 Å². The molecule has 0 spiro atoms. The molecule has 0 aromatic rings. The minimum atomic E-state index is 0.227. The fourth-order valence-electron chi connectivity index (χ4n) is 3.78. The lowest BCUT2D eigenvalue weighted by molar-refractivity contribution is 0.269. The van der Waals surface area contributed by atoms with E-state index in [0.29, 0.717) is 0 Å². The number of rotatable bonds is 7. The van der Waals surface area contributed by atoms with Gasteiger partial charge in [0, 0.05) is 5.54 Å². The third-order valence-electron chi connectivity index (χ3n) is 5.08. The van der Waals surface area contributed by atoms with Crippen molar-refractivity contribution in [1.82, 2.24) is 0 Å². The molecule has 0 saturated heterocycles. The Balaban J connectivity index is 1.51. The lowest BCUT2D eigenvalue weighted by atomic mass is 9.79. The van der Waals surface area contributed by atoms with Crippen LogP contribution in [0.25, 0.3) is 0 Å². The maximum Gasteiger partial charge on any atom is 0.0154 e. The van der Waals surface area contributed by atoms with E-state index in [1.54, 1.807) is 0 Å². The minimum absolute atomic E-state index is 0.227. The summed E-state index contributed by atoms with van der Waals surface area (Å²) in [5.74, 6) is 2.19. The van der Waals surface area contributed by atoms with Crippen LogP contribution in [0.4, 0.5) is 0 Å². The molecular formula is C16H31N. The van der Waals surface area contributed by atoms with Gasteiger partial charge in [-0.05, 0) is 37.5 Å². The number of hydrogen-bond acceptors (Lipinski definition) is 1. The van der Waals surface area contributed by atoms with Gasteiger partial charge in [-0.25, -0.2) is 0 Å². The molecule has 100 valence electrons. The van der Waals surface area contributed by atoms with Gasteiger partial charge >= 0.3 is 0 Å². The Morgan fingerprint density at radius 1 is 1.00 bits per heavy atom. The molecule has 0 radical (unpaired) electrons. The molecule has 0 aliphatic heterocycles. The van der Waals surface area contributed by atoms with Crippen molar-refractivity contribution in [1.29, 1.82) is 0 Å². The summed E-state index contributed by atoms with van der Waals surface area (Å²) in [5.41, 5.74) is 6.69. The smallest absolute Gasteiger partial charge is 0.0154 e. The zero-order valence-electron chi connectivity index (χ0n) is 11.7.